The van der Waals surface area contributed by atoms with Crippen LogP contribution in [0.25, 0.3) is 11.4 Å². The first-order valence-corrected chi connectivity index (χ1v) is 9.99. The molecule has 0 aliphatic carbocycles. The molecule has 1 aromatic carbocycles. The van der Waals surface area contributed by atoms with E-state index in [1.165, 1.54) is 11.8 Å². The third-order valence-electron chi connectivity index (χ3n) is 3.92. The van der Waals surface area contributed by atoms with Crippen LogP contribution >= 0.6 is 35.0 Å². The van der Waals surface area contributed by atoms with Gasteiger partial charge in [-0.1, -0.05) is 54.9 Å². The van der Waals surface area contributed by atoms with Gasteiger partial charge in [-0.25, -0.2) is 0 Å². The number of nitrogens with one attached hydrogen (secondary N) is 1. The molecule has 2 aromatic rings. The number of hydrogen-bond donors (Lipinski definition) is 1. The lowest BCUT2D eigenvalue weighted by atomic mass is 10.1. The molecule has 0 aliphatic heterocycles. The summed E-state index contributed by atoms with van der Waals surface area (Å²) in [6.07, 6.45) is 1.75. The van der Waals surface area contributed by atoms with Gasteiger partial charge in [-0.15, -0.1) is 16.8 Å². The van der Waals surface area contributed by atoms with Gasteiger partial charge < -0.3 is 5.32 Å². The van der Waals surface area contributed by atoms with Gasteiger partial charge in [0.05, 0.1) is 10.8 Å². The Kier molecular flexibility index (Phi) is 7.55. The van der Waals surface area contributed by atoms with E-state index in [1.807, 2.05) is 11.5 Å². The minimum absolute atomic E-state index is 0.0320. The molecule has 1 aromatic heterocycles. The molecule has 0 unspecified atom stereocenters. The van der Waals surface area contributed by atoms with E-state index in [9.17, 15) is 4.79 Å². The highest BCUT2D eigenvalue weighted by molar-refractivity contribution is 7.99. The molecular weight excluding hydrogens is 391 g/mol. The van der Waals surface area contributed by atoms with Gasteiger partial charge in [0.2, 0.25) is 5.91 Å². The molecule has 8 heteroatoms. The summed E-state index contributed by atoms with van der Waals surface area (Å²) in [5, 5.41) is 13.1. The molecule has 0 aliphatic rings. The van der Waals surface area contributed by atoms with Crippen LogP contribution in [0.3, 0.4) is 0 Å². The zero-order valence-electron chi connectivity index (χ0n) is 15.0. The molecule has 1 N–H and O–H groups in total. The molecule has 0 saturated heterocycles. The second kappa shape index (κ2) is 9.44. The van der Waals surface area contributed by atoms with E-state index in [1.54, 1.807) is 24.3 Å². The lowest BCUT2D eigenvalue weighted by Crippen LogP contribution is -2.37. The number of hydrogen-bond acceptors (Lipinski definition) is 4. The number of nitrogens with zero attached hydrogens (tertiary/aromatic N) is 3. The van der Waals surface area contributed by atoms with E-state index in [0.717, 1.165) is 5.56 Å². The number of benzene rings is 1. The maximum absolute atomic E-state index is 12.1. The van der Waals surface area contributed by atoms with Gasteiger partial charge in [-0.3, -0.25) is 9.36 Å². The maximum Gasteiger partial charge on any atom is 0.230 e. The second-order valence-electron chi connectivity index (χ2n) is 6.22. The molecule has 140 valence electrons. The topological polar surface area (TPSA) is 59.8 Å². The van der Waals surface area contributed by atoms with Crippen molar-refractivity contribution in [2.75, 3.05) is 5.75 Å². The Balaban J connectivity index is 2.18. The van der Waals surface area contributed by atoms with Crippen molar-refractivity contribution in [2.24, 2.45) is 5.92 Å². The molecule has 0 saturated carbocycles. The fraction of sp³-hybridized carbons (Fsp3) is 0.389. The van der Waals surface area contributed by atoms with Crippen LogP contribution < -0.4 is 5.32 Å². The van der Waals surface area contributed by atoms with Gasteiger partial charge >= 0.3 is 0 Å². The van der Waals surface area contributed by atoms with Gasteiger partial charge in [0.25, 0.3) is 0 Å². The highest BCUT2D eigenvalue weighted by atomic mass is 35.5. The van der Waals surface area contributed by atoms with Crippen molar-refractivity contribution in [3.8, 4) is 11.4 Å². The van der Waals surface area contributed by atoms with Crippen LogP contribution in [0.2, 0.25) is 10.0 Å². The summed E-state index contributed by atoms with van der Waals surface area (Å²) >= 11 is 13.6. The molecule has 1 amide bonds. The Morgan fingerprint density at radius 2 is 2.08 bits per heavy atom. The highest BCUT2D eigenvalue weighted by Gasteiger charge is 2.18. The van der Waals surface area contributed by atoms with Crippen molar-refractivity contribution in [1.82, 2.24) is 20.1 Å². The van der Waals surface area contributed by atoms with E-state index in [4.69, 9.17) is 23.2 Å². The number of carbonyl (C=O) groups is 1. The molecule has 1 heterocycles. The van der Waals surface area contributed by atoms with Gasteiger partial charge in [0.1, 0.15) is 0 Å². The van der Waals surface area contributed by atoms with Crippen molar-refractivity contribution < 1.29 is 4.79 Å². The van der Waals surface area contributed by atoms with Gasteiger partial charge in [-0.05, 0) is 31.0 Å². The molecule has 0 fully saturated rings. The number of allylic oxidation sites excluding steroid dienone is 1. The van der Waals surface area contributed by atoms with E-state index in [2.05, 4.69) is 35.9 Å². The van der Waals surface area contributed by atoms with Crippen molar-refractivity contribution >= 4 is 40.9 Å². The Hall–Kier alpha value is -1.50. The van der Waals surface area contributed by atoms with Crippen molar-refractivity contribution in [3.05, 3.63) is 40.9 Å². The van der Waals surface area contributed by atoms with Crippen LogP contribution in [0.5, 0.6) is 0 Å². The smallest absolute Gasteiger partial charge is 0.230 e. The summed E-state index contributed by atoms with van der Waals surface area (Å²) in [4.78, 5) is 12.1. The Labute approximate surface area is 168 Å². The predicted molar refractivity (Wildman–Crippen MR) is 109 cm³/mol. The number of thioether (sulfide) groups is 1. The molecule has 5 nitrogen and oxygen atoms in total. The zero-order valence-corrected chi connectivity index (χ0v) is 17.3. The van der Waals surface area contributed by atoms with Crippen molar-refractivity contribution in [2.45, 2.75) is 38.5 Å². The summed E-state index contributed by atoms with van der Waals surface area (Å²) in [5.41, 5.74) is 0.732. The van der Waals surface area contributed by atoms with E-state index >= 15 is 0 Å². The number of aromatic nitrogens is 3. The third kappa shape index (κ3) is 5.25. The molecule has 2 rings (SSSR count). The van der Waals surface area contributed by atoms with Gasteiger partial charge in [0.15, 0.2) is 11.0 Å². The first-order chi connectivity index (χ1) is 12.3. The van der Waals surface area contributed by atoms with Crippen LogP contribution in [0, 0.1) is 5.92 Å². The molecular formula is C18H22Cl2N4OS. The van der Waals surface area contributed by atoms with Crippen LogP contribution in [-0.4, -0.2) is 32.5 Å². The number of amides is 1. The average Bonchev–Trinajstić information content (AvgIpc) is 2.96. The number of carbonyl (C=O) groups excluding carboxylic acids is 1. The first kappa shape index (κ1) is 20.8. The van der Waals surface area contributed by atoms with Gasteiger partial charge in [-0.2, -0.15) is 0 Å². The number of halogens is 2. The molecule has 26 heavy (non-hydrogen) atoms. The summed E-state index contributed by atoms with van der Waals surface area (Å²) in [6.45, 7) is 10.4. The minimum Gasteiger partial charge on any atom is -0.353 e. The third-order valence-corrected chi connectivity index (χ3v) is 5.44. The lowest BCUT2D eigenvalue weighted by molar-refractivity contribution is -0.119. The normalized spacial score (nSPS) is 12.2. The fourth-order valence-corrected chi connectivity index (χ4v) is 3.40. The van der Waals surface area contributed by atoms with Crippen LogP contribution in [-0.2, 0) is 11.3 Å². The largest absolute Gasteiger partial charge is 0.353 e. The van der Waals surface area contributed by atoms with E-state index in [-0.39, 0.29) is 17.7 Å². The van der Waals surface area contributed by atoms with Crippen LogP contribution in [0.15, 0.2) is 36.0 Å². The SMILES string of the molecule is C=CCn1c(SCC(=O)N[C@@H](C)C(C)C)nnc1-c1ccc(Cl)cc1Cl. The molecule has 1 atom stereocenters. The van der Waals surface area contributed by atoms with Crippen LogP contribution in [0.4, 0.5) is 0 Å². The summed E-state index contributed by atoms with van der Waals surface area (Å²) < 4.78 is 1.88. The monoisotopic (exact) mass is 412 g/mol. The van der Waals surface area contributed by atoms with E-state index < -0.39 is 0 Å². The van der Waals surface area contributed by atoms with Crippen LogP contribution in [0.1, 0.15) is 20.8 Å². The van der Waals surface area contributed by atoms with E-state index in [0.29, 0.717) is 33.5 Å². The summed E-state index contributed by atoms with van der Waals surface area (Å²) in [7, 11) is 0. The van der Waals surface area contributed by atoms with Gasteiger partial charge in [0, 0.05) is 23.2 Å². The number of rotatable bonds is 8. The molecule has 0 radical (unpaired) electrons. The lowest BCUT2D eigenvalue weighted by Gasteiger charge is -2.17. The summed E-state index contributed by atoms with van der Waals surface area (Å²) in [5.74, 6) is 1.23. The average molecular weight is 413 g/mol. The Bertz CT molecular complexity index is 791. The molecule has 0 spiro atoms. The highest BCUT2D eigenvalue weighted by Crippen LogP contribution is 2.31. The Morgan fingerprint density at radius 3 is 2.69 bits per heavy atom. The summed E-state index contributed by atoms with van der Waals surface area (Å²) in [6, 6.07) is 5.35. The molecule has 0 bridgehead atoms. The quantitative estimate of drug-likeness (QED) is 0.504. The minimum atomic E-state index is -0.0320. The Morgan fingerprint density at radius 1 is 1.35 bits per heavy atom. The maximum atomic E-state index is 12.1. The fourth-order valence-electron chi connectivity index (χ4n) is 2.15. The first-order valence-electron chi connectivity index (χ1n) is 8.25. The van der Waals surface area contributed by atoms with Crippen molar-refractivity contribution in [3.63, 3.8) is 0 Å². The predicted octanol–water partition coefficient (Wildman–Crippen LogP) is 4.69. The van der Waals surface area contributed by atoms with Crippen molar-refractivity contribution in [1.29, 1.82) is 0 Å². The standard InChI is InChI=1S/C18H22Cl2N4OS/c1-5-8-24-17(14-7-6-13(19)9-15(14)20)22-23-18(24)26-10-16(25)21-12(4)11(2)3/h5-7,9,11-12H,1,8,10H2,2-4H3,(H,21,25)/t12-/m0/s1. The zero-order chi connectivity index (χ0) is 19.3. The second-order valence-corrected chi connectivity index (χ2v) is 8.00.